The topological polar surface area (TPSA) is 60.2 Å². The number of para-hydroxylation sites is 1. The molecule has 0 aliphatic heterocycles. The lowest BCUT2D eigenvalue weighted by Gasteiger charge is -2.26. The second kappa shape index (κ2) is 9.17. The molecule has 1 unspecified atom stereocenters. The van der Waals surface area contributed by atoms with Crippen LogP contribution in [0.3, 0.4) is 0 Å². The van der Waals surface area contributed by atoms with Crippen LogP contribution >= 0.6 is 0 Å². The van der Waals surface area contributed by atoms with Gasteiger partial charge in [0.05, 0.1) is 18.3 Å². The van der Waals surface area contributed by atoms with Crippen molar-refractivity contribution in [1.29, 1.82) is 0 Å². The molecule has 3 aromatic rings. The van der Waals surface area contributed by atoms with E-state index in [1.165, 1.54) is 6.33 Å². The van der Waals surface area contributed by atoms with Crippen LogP contribution in [0.1, 0.15) is 37.4 Å². The summed E-state index contributed by atoms with van der Waals surface area (Å²) in [5.74, 6) is 0.969. The van der Waals surface area contributed by atoms with Crippen LogP contribution in [0.2, 0.25) is 0 Å². The first-order valence-corrected chi connectivity index (χ1v) is 9.51. The number of amides is 1. The first-order chi connectivity index (χ1) is 13.6. The van der Waals surface area contributed by atoms with Crippen LogP contribution in [0.4, 0.5) is 0 Å². The van der Waals surface area contributed by atoms with Gasteiger partial charge in [0.25, 0.3) is 0 Å². The highest BCUT2D eigenvalue weighted by atomic mass is 16.5. The first kappa shape index (κ1) is 19.6. The van der Waals surface area contributed by atoms with Crippen molar-refractivity contribution >= 4 is 5.91 Å². The monoisotopic (exact) mass is 378 g/mol. The summed E-state index contributed by atoms with van der Waals surface area (Å²) in [7, 11) is 1.85. The van der Waals surface area contributed by atoms with Crippen molar-refractivity contribution in [2.75, 3.05) is 13.7 Å². The van der Waals surface area contributed by atoms with Crippen molar-refractivity contribution in [2.24, 2.45) is 0 Å². The summed E-state index contributed by atoms with van der Waals surface area (Å²) in [5, 5.41) is 4.13. The summed E-state index contributed by atoms with van der Waals surface area (Å²) in [6, 6.07) is 15.9. The van der Waals surface area contributed by atoms with Crippen LogP contribution in [0.25, 0.3) is 5.69 Å². The van der Waals surface area contributed by atoms with E-state index in [-0.39, 0.29) is 11.9 Å². The van der Waals surface area contributed by atoms with Crippen LogP contribution in [-0.2, 0) is 11.2 Å². The summed E-state index contributed by atoms with van der Waals surface area (Å²) in [6.07, 6.45) is 4.28. The van der Waals surface area contributed by atoms with E-state index in [9.17, 15) is 4.79 Å². The third-order valence-corrected chi connectivity index (χ3v) is 4.91. The number of rotatable bonds is 8. The number of aryl methyl sites for hydroxylation is 1. The second-order valence-corrected chi connectivity index (χ2v) is 6.65. The van der Waals surface area contributed by atoms with Crippen molar-refractivity contribution in [3.63, 3.8) is 0 Å². The zero-order chi connectivity index (χ0) is 19.9. The van der Waals surface area contributed by atoms with Gasteiger partial charge in [0, 0.05) is 13.5 Å². The van der Waals surface area contributed by atoms with Gasteiger partial charge in [-0.05, 0) is 49.6 Å². The maximum Gasteiger partial charge on any atom is 0.223 e. The molecule has 0 saturated heterocycles. The standard InChI is InChI=1S/C22H26N4O2/c1-4-28-21-8-6-5-7-19(21)11-14-22(27)25(3)17(2)18-9-12-20(13-10-18)26-16-23-15-24-26/h5-10,12-13,15-17H,4,11,14H2,1-3H3. The highest BCUT2D eigenvalue weighted by molar-refractivity contribution is 5.76. The van der Waals surface area contributed by atoms with Gasteiger partial charge in [0.2, 0.25) is 5.91 Å². The number of hydrogen-bond acceptors (Lipinski definition) is 4. The second-order valence-electron chi connectivity index (χ2n) is 6.65. The molecule has 1 aromatic heterocycles. The Hall–Kier alpha value is -3.15. The fourth-order valence-electron chi connectivity index (χ4n) is 3.11. The lowest BCUT2D eigenvalue weighted by atomic mass is 10.0. The highest BCUT2D eigenvalue weighted by Gasteiger charge is 2.18. The summed E-state index contributed by atoms with van der Waals surface area (Å²) in [4.78, 5) is 18.5. The van der Waals surface area contributed by atoms with E-state index in [0.29, 0.717) is 19.4 Å². The van der Waals surface area contributed by atoms with Gasteiger partial charge in [-0.3, -0.25) is 4.79 Å². The Balaban J connectivity index is 1.61. The van der Waals surface area contributed by atoms with Crippen LogP contribution in [0.5, 0.6) is 5.75 Å². The normalized spacial score (nSPS) is 11.8. The minimum Gasteiger partial charge on any atom is -0.494 e. The number of carbonyl (C=O) groups excluding carboxylic acids is 1. The molecule has 146 valence electrons. The third kappa shape index (κ3) is 4.57. The van der Waals surface area contributed by atoms with Gasteiger partial charge >= 0.3 is 0 Å². The van der Waals surface area contributed by atoms with E-state index in [4.69, 9.17) is 4.74 Å². The van der Waals surface area contributed by atoms with Gasteiger partial charge in [-0.2, -0.15) is 5.10 Å². The molecule has 0 saturated carbocycles. The van der Waals surface area contributed by atoms with E-state index in [2.05, 4.69) is 10.1 Å². The number of benzene rings is 2. The fraction of sp³-hybridized carbons (Fsp3) is 0.318. The smallest absolute Gasteiger partial charge is 0.223 e. The van der Waals surface area contributed by atoms with Crippen LogP contribution in [0, 0.1) is 0 Å². The molecule has 0 aliphatic carbocycles. The number of aromatic nitrogens is 3. The molecule has 0 fully saturated rings. The summed E-state index contributed by atoms with van der Waals surface area (Å²) in [6.45, 7) is 4.62. The molecule has 1 amide bonds. The minimum atomic E-state index is -0.0144. The molecular weight excluding hydrogens is 352 g/mol. The largest absolute Gasteiger partial charge is 0.494 e. The summed E-state index contributed by atoms with van der Waals surface area (Å²) in [5.41, 5.74) is 3.08. The van der Waals surface area contributed by atoms with Gasteiger partial charge in [0.15, 0.2) is 0 Å². The lowest BCUT2D eigenvalue weighted by molar-refractivity contribution is -0.131. The van der Waals surface area contributed by atoms with Gasteiger partial charge < -0.3 is 9.64 Å². The van der Waals surface area contributed by atoms with Crippen molar-refractivity contribution in [2.45, 2.75) is 32.7 Å². The molecule has 6 heteroatoms. The summed E-state index contributed by atoms with van der Waals surface area (Å²) < 4.78 is 7.36. The lowest BCUT2D eigenvalue weighted by Crippen LogP contribution is -2.29. The number of hydrogen-bond donors (Lipinski definition) is 0. The maximum atomic E-state index is 12.7. The fourth-order valence-corrected chi connectivity index (χ4v) is 3.11. The van der Waals surface area contributed by atoms with Crippen molar-refractivity contribution in [3.05, 3.63) is 72.3 Å². The van der Waals surface area contributed by atoms with Crippen LogP contribution in [-0.4, -0.2) is 39.2 Å². The molecule has 3 rings (SSSR count). The Morgan fingerprint density at radius 1 is 1.18 bits per heavy atom. The third-order valence-electron chi connectivity index (χ3n) is 4.91. The molecule has 1 atom stereocenters. The van der Waals surface area contributed by atoms with Gasteiger partial charge in [-0.15, -0.1) is 0 Å². The van der Waals surface area contributed by atoms with Gasteiger partial charge in [-0.25, -0.2) is 9.67 Å². The average molecular weight is 378 g/mol. The Labute approximate surface area is 165 Å². The van der Waals surface area contributed by atoms with E-state index < -0.39 is 0 Å². The molecule has 6 nitrogen and oxygen atoms in total. The van der Waals surface area contributed by atoms with E-state index in [1.54, 1.807) is 15.9 Å². The number of nitrogens with zero attached hydrogens (tertiary/aromatic N) is 4. The number of ether oxygens (including phenoxy) is 1. The molecule has 0 spiro atoms. The van der Waals surface area contributed by atoms with E-state index in [0.717, 1.165) is 22.6 Å². The van der Waals surface area contributed by atoms with Gasteiger partial charge in [0.1, 0.15) is 18.4 Å². The molecule has 0 bridgehead atoms. The van der Waals surface area contributed by atoms with E-state index >= 15 is 0 Å². The molecular formula is C22H26N4O2. The molecule has 0 radical (unpaired) electrons. The van der Waals surface area contributed by atoms with Crippen molar-refractivity contribution in [1.82, 2.24) is 19.7 Å². The molecule has 28 heavy (non-hydrogen) atoms. The predicted molar refractivity (Wildman–Crippen MR) is 108 cm³/mol. The Morgan fingerprint density at radius 3 is 2.61 bits per heavy atom. The average Bonchev–Trinajstić information content (AvgIpc) is 3.27. The first-order valence-electron chi connectivity index (χ1n) is 9.51. The van der Waals surface area contributed by atoms with Crippen LogP contribution in [0.15, 0.2) is 61.2 Å². The predicted octanol–water partition coefficient (Wildman–Crippen LogP) is 3.82. The Bertz CT molecular complexity index is 891. The highest BCUT2D eigenvalue weighted by Crippen LogP contribution is 2.23. The molecule has 1 heterocycles. The zero-order valence-corrected chi connectivity index (χ0v) is 16.6. The molecule has 2 aromatic carbocycles. The Morgan fingerprint density at radius 2 is 1.93 bits per heavy atom. The SMILES string of the molecule is CCOc1ccccc1CCC(=O)N(C)C(C)c1ccc(-n2cncn2)cc1. The van der Waals surface area contributed by atoms with Crippen molar-refractivity contribution in [3.8, 4) is 11.4 Å². The van der Waals surface area contributed by atoms with Crippen molar-refractivity contribution < 1.29 is 9.53 Å². The minimum absolute atomic E-state index is 0.0144. The quantitative estimate of drug-likeness (QED) is 0.598. The molecule has 0 N–H and O–H groups in total. The maximum absolute atomic E-state index is 12.7. The number of carbonyl (C=O) groups is 1. The zero-order valence-electron chi connectivity index (χ0n) is 16.6. The van der Waals surface area contributed by atoms with Gasteiger partial charge in [-0.1, -0.05) is 30.3 Å². The summed E-state index contributed by atoms with van der Waals surface area (Å²) >= 11 is 0. The van der Waals surface area contributed by atoms with Crippen LogP contribution < -0.4 is 4.74 Å². The Kier molecular flexibility index (Phi) is 6.42. The van der Waals surface area contributed by atoms with E-state index in [1.807, 2.05) is 69.4 Å². The molecule has 0 aliphatic rings.